The van der Waals surface area contributed by atoms with E-state index in [2.05, 4.69) is 5.10 Å². The first-order valence-corrected chi connectivity index (χ1v) is 7.84. The van der Waals surface area contributed by atoms with Gasteiger partial charge in [0.15, 0.2) is 0 Å². The molecule has 2 heterocycles. The van der Waals surface area contributed by atoms with Gasteiger partial charge in [0.05, 0.1) is 25.5 Å². The van der Waals surface area contributed by atoms with E-state index in [-0.39, 0.29) is 24.4 Å². The molecular formula is C17H23ClN4O2. The van der Waals surface area contributed by atoms with E-state index in [9.17, 15) is 4.79 Å². The Labute approximate surface area is 148 Å². The van der Waals surface area contributed by atoms with E-state index >= 15 is 0 Å². The summed E-state index contributed by atoms with van der Waals surface area (Å²) in [6.45, 7) is 4.90. The van der Waals surface area contributed by atoms with Gasteiger partial charge in [0.2, 0.25) is 0 Å². The minimum Gasteiger partial charge on any atom is -0.373 e. The largest absolute Gasteiger partial charge is 0.373 e. The van der Waals surface area contributed by atoms with Crippen LogP contribution in [0.15, 0.2) is 36.7 Å². The van der Waals surface area contributed by atoms with E-state index in [0.717, 1.165) is 11.1 Å². The third-order valence-corrected chi connectivity index (χ3v) is 4.02. The molecule has 0 spiro atoms. The highest BCUT2D eigenvalue weighted by atomic mass is 35.5. The second-order valence-corrected chi connectivity index (χ2v) is 5.88. The van der Waals surface area contributed by atoms with Gasteiger partial charge >= 0.3 is 0 Å². The Hall–Kier alpha value is -1.89. The van der Waals surface area contributed by atoms with Crippen molar-refractivity contribution in [2.45, 2.75) is 26.1 Å². The van der Waals surface area contributed by atoms with Crippen LogP contribution >= 0.6 is 12.4 Å². The number of nitrogens with two attached hydrogens (primary N) is 1. The molecule has 6 nitrogen and oxygen atoms in total. The average molecular weight is 351 g/mol. The lowest BCUT2D eigenvalue weighted by Gasteiger charge is -2.33. The second kappa shape index (κ2) is 8.28. The molecule has 7 heteroatoms. The Morgan fingerprint density at radius 1 is 1.38 bits per heavy atom. The molecule has 1 saturated heterocycles. The maximum Gasteiger partial charge on any atom is 0.254 e. The summed E-state index contributed by atoms with van der Waals surface area (Å²) in [4.78, 5) is 14.5. The lowest BCUT2D eigenvalue weighted by atomic mass is 10.1. The number of amides is 1. The number of hydrogen-bond acceptors (Lipinski definition) is 4. The number of aryl methyl sites for hydroxylation is 1. The molecule has 0 radical (unpaired) electrons. The zero-order valence-corrected chi connectivity index (χ0v) is 14.5. The normalized spacial score (nSPS) is 17.4. The Morgan fingerprint density at radius 2 is 2.12 bits per heavy atom. The predicted molar refractivity (Wildman–Crippen MR) is 94.2 cm³/mol. The molecule has 0 saturated carbocycles. The summed E-state index contributed by atoms with van der Waals surface area (Å²) >= 11 is 0. The van der Waals surface area contributed by atoms with Crippen molar-refractivity contribution in [3.05, 3.63) is 53.3 Å². The van der Waals surface area contributed by atoms with Crippen LogP contribution in [0, 0.1) is 6.92 Å². The number of benzene rings is 1. The number of carbonyl (C=O) groups excluding carboxylic acids is 1. The number of morpholine rings is 1. The van der Waals surface area contributed by atoms with Crippen LogP contribution in [-0.4, -0.2) is 46.4 Å². The van der Waals surface area contributed by atoms with Crippen LogP contribution in [0.25, 0.3) is 0 Å². The highest BCUT2D eigenvalue weighted by Gasteiger charge is 2.25. The summed E-state index contributed by atoms with van der Waals surface area (Å²) in [5, 5.41) is 4.28. The monoisotopic (exact) mass is 350 g/mol. The number of aromatic nitrogens is 2. The lowest BCUT2D eigenvalue weighted by molar-refractivity contribution is -0.0300. The molecule has 1 aromatic heterocycles. The number of halogens is 1. The second-order valence-electron chi connectivity index (χ2n) is 5.88. The molecule has 2 N–H and O–H groups in total. The van der Waals surface area contributed by atoms with Crippen molar-refractivity contribution in [2.75, 3.05) is 19.7 Å². The number of rotatable bonds is 4. The highest BCUT2D eigenvalue weighted by molar-refractivity contribution is 5.94. The molecule has 0 bridgehead atoms. The molecular weight excluding hydrogens is 328 g/mol. The zero-order valence-electron chi connectivity index (χ0n) is 13.7. The van der Waals surface area contributed by atoms with Crippen molar-refractivity contribution in [3.63, 3.8) is 0 Å². The van der Waals surface area contributed by atoms with Crippen molar-refractivity contribution in [2.24, 2.45) is 5.73 Å². The average Bonchev–Trinajstić information content (AvgIpc) is 2.99. The Morgan fingerprint density at radius 3 is 2.75 bits per heavy atom. The van der Waals surface area contributed by atoms with Gasteiger partial charge in [0.25, 0.3) is 5.91 Å². The molecule has 1 aromatic carbocycles. The van der Waals surface area contributed by atoms with Gasteiger partial charge in [-0.2, -0.15) is 5.10 Å². The summed E-state index contributed by atoms with van der Waals surface area (Å²) < 4.78 is 7.64. The Balaban J connectivity index is 0.00000208. The molecule has 130 valence electrons. The molecule has 1 amide bonds. The van der Waals surface area contributed by atoms with Crippen molar-refractivity contribution >= 4 is 18.3 Å². The molecule has 1 unspecified atom stereocenters. The van der Waals surface area contributed by atoms with Gasteiger partial charge in [0.1, 0.15) is 0 Å². The zero-order chi connectivity index (χ0) is 16.2. The molecule has 0 aliphatic carbocycles. The molecule has 24 heavy (non-hydrogen) atoms. The first kappa shape index (κ1) is 18.4. The molecule has 1 aliphatic heterocycles. The van der Waals surface area contributed by atoms with Gasteiger partial charge in [-0.15, -0.1) is 12.4 Å². The van der Waals surface area contributed by atoms with Crippen molar-refractivity contribution in [1.29, 1.82) is 0 Å². The van der Waals surface area contributed by atoms with Crippen molar-refractivity contribution in [3.8, 4) is 0 Å². The van der Waals surface area contributed by atoms with Crippen LogP contribution < -0.4 is 5.73 Å². The quantitative estimate of drug-likeness (QED) is 0.909. The summed E-state index contributed by atoms with van der Waals surface area (Å²) in [7, 11) is 0. The summed E-state index contributed by atoms with van der Waals surface area (Å²) in [5.41, 5.74) is 8.43. The first-order valence-electron chi connectivity index (χ1n) is 7.84. The molecule has 1 atom stereocenters. The smallest absolute Gasteiger partial charge is 0.254 e. The fourth-order valence-electron chi connectivity index (χ4n) is 2.76. The third kappa shape index (κ3) is 4.35. The van der Waals surface area contributed by atoms with Gasteiger partial charge in [0, 0.05) is 31.4 Å². The summed E-state index contributed by atoms with van der Waals surface area (Å²) in [6, 6.07) is 7.48. The van der Waals surface area contributed by atoms with E-state index in [1.165, 1.54) is 0 Å². The highest BCUT2D eigenvalue weighted by Crippen LogP contribution is 2.13. The van der Waals surface area contributed by atoms with E-state index in [1.54, 1.807) is 0 Å². The van der Waals surface area contributed by atoms with E-state index in [1.807, 2.05) is 53.2 Å². The summed E-state index contributed by atoms with van der Waals surface area (Å²) in [6.07, 6.45) is 3.77. The van der Waals surface area contributed by atoms with Crippen LogP contribution in [0.4, 0.5) is 0 Å². The SMILES string of the molecule is Cc1cnn(CC2CN(C(=O)c3ccc(CN)cc3)CCO2)c1.Cl. The maximum absolute atomic E-state index is 12.6. The van der Waals surface area contributed by atoms with E-state index in [0.29, 0.717) is 38.3 Å². The van der Waals surface area contributed by atoms with Crippen LogP contribution in [0.3, 0.4) is 0 Å². The number of ether oxygens (including phenoxy) is 1. The maximum atomic E-state index is 12.6. The fraction of sp³-hybridized carbons (Fsp3) is 0.412. The van der Waals surface area contributed by atoms with E-state index < -0.39 is 0 Å². The van der Waals surface area contributed by atoms with Gasteiger partial charge in [-0.3, -0.25) is 9.48 Å². The van der Waals surface area contributed by atoms with Crippen LogP contribution in [0.5, 0.6) is 0 Å². The molecule has 3 rings (SSSR count). The number of carbonyl (C=O) groups is 1. The minimum atomic E-state index is -0.0321. The van der Waals surface area contributed by atoms with Gasteiger partial charge in [-0.1, -0.05) is 12.1 Å². The first-order chi connectivity index (χ1) is 11.2. The van der Waals surface area contributed by atoms with Gasteiger partial charge < -0.3 is 15.4 Å². The third-order valence-electron chi connectivity index (χ3n) is 4.02. The van der Waals surface area contributed by atoms with Crippen LogP contribution in [-0.2, 0) is 17.8 Å². The topological polar surface area (TPSA) is 73.4 Å². The standard InChI is InChI=1S/C17H22N4O2.ClH/c1-13-9-19-21(10-13)12-16-11-20(6-7-23-16)17(22)15-4-2-14(8-18)3-5-15;/h2-5,9-10,16H,6-8,11-12,18H2,1H3;1H. The van der Waals surface area contributed by atoms with E-state index in [4.69, 9.17) is 10.5 Å². The van der Waals surface area contributed by atoms with Crippen molar-refractivity contribution in [1.82, 2.24) is 14.7 Å². The van der Waals surface area contributed by atoms with Crippen molar-refractivity contribution < 1.29 is 9.53 Å². The minimum absolute atomic E-state index is 0. The Bertz CT molecular complexity index is 671. The molecule has 2 aromatic rings. The number of hydrogen-bond donors (Lipinski definition) is 1. The molecule has 1 fully saturated rings. The predicted octanol–water partition coefficient (Wildman–Crippen LogP) is 1.61. The van der Waals surface area contributed by atoms with Crippen LogP contribution in [0.2, 0.25) is 0 Å². The number of nitrogens with zero attached hydrogens (tertiary/aromatic N) is 3. The lowest BCUT2D eigenvalue weighted by Crippen LogP contribution is -2.47. The van der Waals surface area contributed by atoms with Gasteiger partial charge in [-0.25, -0.2) is 0 Å². The van der Waals surface area contributed by atoms with Gasteiger partial charge in [-0.05, 0) is 30.2 Å². The summed E-state index contributed by atoms with van der Waals surface area (Å²) in [5.74, 6) is 0.0403. The fourth-order valence-corrected chi connectivity index (χ4v) is 2.76. The van der Waals surface area contributed by atoms with Crippen LogP contribution in [0.1, 0.15) is 21.5 Å². The Kier molecular flexibility index (Phi) is 6.36. The molecule has 1 aliphatic rings.